The minimum Gasteiger partial charge on any atom is -0.456 e. The summed E-state index contributed by atoms with van der Waals surface area (Å²) in [4.78, 5) is 0. The second-order valence-electron chi connectivity index (χ2n) is 11.8. The van der Waals surface area contributed by atoms with Crippen molar-refractivity contribution in [2.45, 2.75) is 0 Å². The van der Waals surface area contributed by atoms with Crippen LogP contribution < -0.4 is 0 Å². The average molecular weight is 575 g/mol. The summed E-state index contributed by atoms with van der Waals surface area (Å²) >= 11 is 0. The summed E-state index contributed by atoms with van der Waals surface area (Å²) in [6.07, 6.45) is 0. The molecule has 7 aromatic carbocycles. The van der Waals surface area contributed by atoms with Gasteiger partial charge in [0.2, 0.25) is 0 Å². The summed E-state index contributed by atoms with van der Waals surface area (Å²) in [5.74, 6) is 0. The number of aromatic nitrogens is 2. The number of furan rings is 1. The van der Waals surface area contributed by atoms with Crippen molar-refractivity contribution in [3.8, 4) is 22.5 Å². The van der Waals surface area contributed by atoms with E-state index in [1.54, 1.807) is 0 Å². The molecule has 10 rings (SSSR count). The molecule has 0 atom stereocenters. The van der Waals surface area contributed by atoms with Gasteiger partial charge in [-0.3, -0.25) is 0 Å². The Morgan fingerprint density at radius 1 is 0.311 bits per heavy atom. The number of hydrogen-bond donors (Lipinski definition) is 0. The lowest BCUT2D eigenvalue weighted by Gasteiger charge is -2.13. The van der Waals surface area contributed by atoms with Crippen molar-refractivity contribution in [2.24, 2.45) is 0 Å². The minimum atomic E-state index is 0.917. The van der Waals surface area contributed by atoms with Crippen molar-refractivity contribution in [1.29, 1.82) is 0 Å². The summed E-state index contributed by atoms with van der Waals surface area (Å²) in [5, 5.41) is 7.31. The first-order chi connectivity index (χ1) is 22.3. The van der Waals surface area contributed by atoms with E-state index in [0.717, 1.165) is 33.3 Å². The van der Waals surface area contributed by atoms with Crippen LogP contribution in [0.4, 0.5) is 0 Å². The van der Waals surface area contributed by atoms with Crippen LogP contribution in [0.15, 0.2) is 162 Å². The van der Waals surface area contributed by atoms with Crippen molar-refractivity contribution in [2.75, 3.05) is 0 Å². The molecule has 0 aliphatic heterocycles. The molecular weight excluding hydrogens is 548 g/mol. The third-order valence-corrected chi connectivity index (χ3v) is 9.31. The highest BCUT2D eigenvalue weighted by molar-refractivity contribution is 6.12. The summed E-state index contributed by atoms with van der Waals surface area (Å²) < 4.78 is 10.9. The van der Waals surface area contributed by atoms with Gasteiger partial charge in [-0.05, 0) is 77.9 Å². The van der Waals surface area contributed by atoms with E-state index in [2.05, 4.69) is 155 Å². The van der Waals surface area contributed by atoms with Gasteiger partial charge >= 0.3 is 0 Å². The van der Waals surface area contributed by atoms with Crippen LogP contribution >= 0.6 is 0 Å². The number of hydrogen-bond acceptors (Lipinski definition) is 1. The van der Waals surface area contributed by atoms with Crippen molar-refractivity contribution >= 4 is 65.6 Å². The van der Waals surface area contributed by atoms with E-state index in [0.29, 0.717) is 0 Å². The van der Waals surface area contributed by atoms with Gasteiger partial charge in [-0.1, -0.05) is 91.0 Å². The molecule has 0 spiro atoms. The molecule has 0 radical (unpaired) electrons. The lowest BCUT2D eigenvalue weighted by molar-refractivity contribution is 0.669. The molecule has 0 saturated carbocycles. The number of fused-ring (bicyclic) bond motifs is 9. The Labute approximate surface area is 258 Å². The van der Waals surface area contributed by atoms with E-state index < -0.39 is 0 Å². The van der Waals surface area contributed by atoms with Gasteiger partial charge in [0.15, 0.2) is 0 Å². The molecular formula is C42H26N2O. The van der Waals surface area contributed by atoms with E-state index in [1.807, 2.05) is 12.1 Å². The molecule has 45 heavy (non-hydrogen) atoms. The SMILES string of the molecule is c1cc(-n2c3ccccc3c3ccccc32)cc(-n2c3ccccc3c3cc(-c4ccc5oc6ccccc6c5c4)ccc32)c1. The normalized spacial score (nSPS) is 12.0. The highest BCUT2D eigenvalue weighted by Crippen LogP contribution is 2.38. The van der Waals surface area contributed by atoms with Gasteiger partial charge in [0.1, 0.15) is 11.2 Å². The van der Waals surface area contributed by atoms with Gasteiger partial charge in [-0.25, -0.2) is 0 Å². The predicted molar refractivity (Wildman–Crippen MR) is 188 cm³/mol. The van der Waals surface area contributed by atoms with E-state index in [4.69, 9.17) is 4.42 Å². The number of para-hydroxylation sites is 4. The minimum absolute atomic E-state index is 0.917. The summed E-state index contributed by atoms with van der Waals surface area (Å²) in [5.41, 5.74) is 11.3. The molecule has 0 unspecified atom stereocenters. The molecule has 3 aromatic heterocycles. The zero-order chi connectivity index (χ0) is 29.5. The molecule has 0 N–H and O–H groups in total. The molecule has 0 amide bonds. The molecule has 10 aromatic rings. The number of benzene rings is 7. The number of rotatable bonds is 3. The van der Waals surface area contributed by atoms with Crippen LogP contribution in [-0.4, -0.2) is 9.13 Å². The Balaban J connectivity index is 1.17. The maximum Gasteiger partial charge on any atom is 0.135 e. The first-order valence-corrected chi connectivity index (χ1v) is 15.4. The number of nitrogens with zero attached hydrogens (tertiary/aromatic N) is 2. The third-order valence-electron chi connectivity index (χ3n) is 9.31. The fourth-order valence-corrected chi connectivity index (χ4v) is 7.31. The summed E-state index contributed by atoms with van der Waals surface area (Å²) in [7, 11) is 0. The monoisotopic (exact) mass is 574 g/mol. The topological polar surface area (TPSA) is 23.0 Å². The second kappa shape index (κ2) is 9.22. The van der Waals surface area contributed by atoms with Crippen LogP contribution in [-0.2, 0) is 0 Å². The average Bonchev–Trinajstić information content (AvgIpc) is 3.75. The van der Waals surface area contributed by atoms with Gasteiger partial charge < -0.3 is 13.6 Å². The van der Waals surface area contributed by atoms with Gasteiger partial charge in [0, 0.05) is 43.7 Å². The van der Waals surface area contributed by atoms with Gasteiger partial charge in [-0.15, -0.1) is 0 Å². The Hall–Kier alpha value is -6.06. The predicted octanol–water partition coefficient (Wildman–Crippen LogP) is 11.4. The molecule has 0 aliphatic rings. The molecule has 0 bridgehead atoms. The van der Waals surface area contributed by atoms with E-state index in [-0.39, 0.29) is 0 Å². The van der Waals surface area contributed by atoms with Crippen LogP contribution in [0, 0.1) is 0 Å². The Kier molecular flexibility index (Phi) is 5.00. The molecule has 3 heterocycles. The van der Waals surface area contributed by atoms with E-state index in [1.165, 1.54) is 54.7 Å². The maximum atomic E-state index is 6.10. The van der Waals surface area contributed by atoms with Crippen LogP contribution in [0.5, 0.6) is 0 Å². The van der Waals surface area contributed by atoms with Crippen molar-refractivity contribution < 1.29 is 4.42 Å². The lowest BCUT2D eigenvalue weighted by Crippen LogP contribution is -1.98. The molecule has 3 nitrogen and oxygen atoms in total. The molecule has 0 fully saturated rings. The van der Waals surface area contributed by atoms with Crippen molar-refractivity contribution in [3.63, 3.8) is 0 Å². The Bertz CT molecular complexity index is 2720. The smallest absolute Gasteiger partial charge is 0.135 e. The van der Waals surface area contributed by atoms with Crippen LogP contribution in [0.2, 0.25) is 0 Å². The molecule has 3 heteroatoms. The fourth-order valence-electron chi connectivity index (χ4n) is 7.31. The zero-order valence-corrected chi connectivity index (χ0v) is 24.3. The molecule has 0 aliphatic carbocycles. The van der Waals surface area contributed by atoms with Gasteiger partial charge in [0.05, 0.1) is 22.1 Å². The summed E-state index contributed by atoms with van der Waals surface area (Å²) in [6.45, 7) is 0. The maximum absolute atomic E-state index is 6.10. The van der Waals surface area contributed by atoms with Gasteiger partial charge in [-0.2, -0.15) is 0 Å². The van der Waals surface area contributed by atoms with Gasteiger partial charge in [0.25, 0.3) is 0 Å². The van der Waals surface area contributed by atoms with E-state index >= 15 is 0 Å². The second-order valence-corrected chi connectivity index (χ2v) is 11.8. The molecule has 210 valence electrons. The first-order valence-electron chi connectivity index (χ1n) is 15.4. The standard InChI is InChI=1S/C42H26N2O/c1-5-16-37-31(12-1)32-13-2-6-17-38(32)43(37)29-10-9-11-30(26-29)44-39-18-7-3-14-33(39)35-24-27(20-22-40(35)44)28-21-23-42-36(25-28)34-15-4-8-19-41(34)45-42/h1-26H. The van der Waals surface area contributed by atoms with Crippen LogP contribution in [0.25, 0.3) is 88.1 Å². The van der Waals surface area contributed by atoms with Crippen LogP contribution in [0.1, 0.15) is 0 Å². The largest absolute Gasteiger partial charge is 0.456 e. The van der Waals surface area contributed by atoms with Crippen LogP contribution in [0.3, 0.4) is 0 Å². The van der Waals surface area contributed by atoms with E-state index in [9.17, 15) is 0 Å². The first kappa shape index (κ1) is 24.4. The highest BCUT2D eigenvalue weighted by atomic mass is 16.3. The quantitative estimate of drug-likeness (QED) is 0.206. The Morgan fingerprint density at radius 2 is 0.778 bits per heavy atom. The molecule has 0 saturated heterocycles. The lowest BCUT2D eigenvalue weighted by atomic mass is 10.0. The van der Waals surface area contributed by atoms with Crippen molar-refractivity contribution in [3.05, 3.63) is 158 Å². The zero-order valence-electron chi connectivity index (χ0n) is 24.3. The highest BCUT2D eigenvalue weighted by Gasteiger charge is 2.16. The fraction of sp³-hybridized carbons (Fsp3) is 0. The summed E-state index contributed by atoms with van der Waals surface area (Å²) in [6, 6.07) is 56.7. The third kappa shape index (κ3) is 3.52. The Morgan fingerprint density at radius 3 is 1.42 bits per heavy atom. The van der Waals surface area contributed by atoms with Crippen molar-refractivity contribution in [1.82, 2.24) is 9.13 Å².